The highest BCUT2D eigenvalue weighted by Gasteiger charge is 1.96. The van der Waals surface area contributed by atoms with Crippen LogP contribution in [0.1, 0.15) is 25.8 Å². The van der Waals surface area contributed by atoms with Gasteiger partial charge in [0.05, 0.1) is 6.61 Å². The van der Waals surface area contributed by atoms with Crippen molar-refractivity contribution in [2.75, 3.05) is 19.8 Å². The van der Waals surface area contributed by atoms with Crippen LogP contribution in [0.5, 0.6) is 5.75 Å². The zero-order valence-corrected chi connectivity index (χ0v) is 10.8. The van der Waals surface area contributed by atoms with E-state index in [1.54, 1.807) is 0 Å². The van der Waals surface area contributed by atoms with Crippen molar-refractivity contribution >= 4 is 0 Å². The van der Waals surface area contributed by atoms with Crippen molar-refractivity contribution in [3.63, 3.8) is 0 Å². The Morgan fingerprint density at radius 3 is 2.41 bits per heavy atom. The van der Waals surface area contributed by atoms with E-state index in [1.807, 2.05) is 24.3 Å². The van der Waals surface area contributed by atoms with Crippen LogP contribution in [0.3, 0.4) is 0 Å². The van der Waals surface area contributed by atoms with Crippen molar-refractivity contribution in [1.82, 2.24) is 0 Å². The van der Waals surface area contributed by atoms with Crippen molar-refractivity contribution < 1.29 is 9.47 Å². The monoisotopic (exact) mass is 237 g/mol. The highest BCUT2D eigenvalue weighted by atomic mass is 16.5. The average Bonchev–Trinajstić information content (AvgIpc) is 2.34. The van der Waals surface area contributed by atoms with Gasteiger partial charge in [0, 0.05) is 26.2 Å². The van der Waals surface area contributed by atoms with E-state index >= 15 is 0 Å². The van der Waals surface area contributed by atoms with E-state index in [4.69, 9.17) is 15.2 Å². The second-order valence-electron chi connectivity index (χ2n) is 4.52. The molecule has 2 N–H and O–H groups in total. The van der Waals surface area contributed by atoms with Gasteiger partial charge in [-0.2, -0.15) is 0 Å². The molecule has 0 radical (unpaired) electrons. The first-order valence-corrected chi connectivity index (χ1v) is 6.22. The Morgan fingerprint density at radius 2 is 1.82 bits per heavy atom. The lowest BCUT2D eigenvalue weighted by molar-refractivity contribution is 0.0981. The fraction of sp³-hybridized carbons (Fsp3) is 0.571. The molecule has 1 rings (SSSR count). The van der Waals surface area contributed by atoms with Crippen LogP contribution in [-0.4, -0.2) is 19.8 Å². The Bertz CT molecular complexity index is 296. The summed E-state index contributed by atoms with van der Waals surface area (Å²) in [7, 11) is 0. The molecule has 3 heteroatoms. The number of ether oxygens (including phenoxy) is 2. The standard InChI is InChI=1S/C14H23NO2/c1-12(2)11-16-8-3-9-17-14-6-4-13(10-15)5-7-14/h4-7,12H,3,8-11,15H2,1-2H3. The Kier molecular flexibility index (Phi) is 6.67. The summed E-state index contributed by atoms with van der Waals surface area (Å²) < 4.78 is 11.1. The van der Waals surface area contributed by atoms with E-state index in [9.17, 15) is 0 Å². The minimum atomic E-state index is 0.573. The molecule has 1 aromatic rings. The molecule has 96 valence electrons. The lowest BCUT2D eigenvalue weighted by atomic mass is 10.2. The molecule has 3 nitrogen and oxygen atoms in total. The van der Waals surface area contributed by atoms with Crippen LogP contribution in [0, 0.1) is 5.92 Å². The molecule has 0 aliphatic rings. The van der Waals surface area contributed by atoms with Gasteiger partial charge in [0.15, 0.2) is 0 Å². The SMILES string of the molecule is CC(C)COCCCOc1ccc(CN)cc1. The predicted molar refractivity (Wildman–Crippen MR) is 70.1 cm³/mol. The van der Waals surface area contributed by atoms with E-state index < -0.39 is 0 Å². The zero-order valence-electron chi connectivity index (χ0n) is 10.8. The molecule has 0 heterocycles. The summed E-state index contributed by atoms with van der Waals surface area (Å²) >= 11 is 0. The van der Waals surface area contributed by atoms with E-state index in [2.05, 4.69) is 13.8 Å². The minimum absolute atomic E-state index is 0.573. The maximum absolute atomic E-state index is 5.59. The van der Waals surface area contributed by atoms with Gasteiger partial charge < -0.3 is 15.2 Å². The Balaban J connectivity index is 2.09. The van der Waals surface area contributed by atoms with E-state index in [-0.39, 0.29) is 0 Å². The highest BCUT2D eigenvalue weighted by Crippen LogP contribution is 2.11. The van der Waals surface area contributed by atoms with Crippen molar-refractivity contribution in [3.8, 4) is 5.75 Å². The quantitative estimate of drug-likeness (QED) is 0.707. The van der Waals surface area contributed by atoms with Crippen LogP contribution in [0.25, 0.3) is 0 Å². The van der Waals surface area contributed by atoms with Gasteiger partial charge in [-0.1, -0.05) is 26.0 Å². The summed E-state index contributed by atoms with van der Waals surface area (Å²) in [6, 6.07) is 7.89. The highest BCUT2D eigenvalue weighted by molar-refractivity contribution is 5.26. The Labute approximate surface area is 104 Å². The molecular formula is C14H23NO2. The number of hydrogen-bond donors (Lipinski definition) is 1. The van der Waals surface area contributed by atoms with Gasteiger partial charge in [0.2, 0.25) is 0 Å². The topological polar surface area (TPSA) is 44.5 Å². The van der Waals surface area contributed by atoms with Gasteiger partial charge in [0.25, 0.3) is 0 Å². The number of benzene rings is 1. The smallest absolute Gasteiger partial charge is 0.119 e. The fourth-order valence-corrected chi connectivity index (χ4v) is 1.39. The normalized spacial score (nSPS) is 10.8. The van der Waals surface area contributed by atoms with Crippen LogP contribution in [0.15, 0.2) is 24.3 Å². The molecule has 0 aromatic heterocycles. The van der Waals surface area contributed by atoms with Crippen molar-refractivity contribution in [1.29, 1.82) is 0 Å². The maximum atomic E-state index is 5.59. The largest absolute Gasteiger partial charge is 0.494 e. The zero-order chi connectivity index (χ0) is 12.5. The summed E-state index contributed by atoms with van der Waals surface area (Å²) in [6.45, 7) is 7.15. The summed E-state index contributed by atoms with van der Waals surface area (Å²) in [4.78, 5) is 0. The van der Waals surface area contributed by atoms with E-state index in [0.29, 0.717) is 19.1 Å². The van der Waals surface area contributed by atoms with Crippen LogP contribution < -0.4 is 10.5 Å². The summed E-state index contributed by atoms with van der Waals surface area (Å²) in [5.41, 5.74) is 6.64. The van der Waals surface area contributed by atoms with Gasteiger partial charge in [-0.3, -0.25) is 0 Å². The Hall–Kier alpha value is -1.06. The molecule has 0 aliphatic heterocycles. The maximum Gasteiger partial charge on any atom is 0.119 e. The third-order valence-electron chi connectivity index (χ3n) is 2.31. The lowest BCUT2D eigenvalue weighted by Crippen LogP contribution is -2.07. The van der Waals surface area contributed by atoms with Crippen LogP contribution in [0.2, 0.25) is 0 Å². The molecule has 0 bridgehead atoms. The first-order valence-electron chi connectivity index (χ1n) is 6.22. The molecule has 0 amide bonds. The van der Waals surface area contributed by atoms with Gasteiger partial charge in [0.1, 0.15) is 5.75 Å². The van der Waals surface area contributed by atoms with Crippen molar-refractivity contribution in [2.45, 2.75) is 26.8 Å². The molecule has 0 aliphatic carbocycles. The third kappa shape index (κ3) is 6.29. The molecule has 0 unspecified atom stereocenters. The number of rotatable bonds is 8. The second-order valence-corrected chi connectivity index (χ2v) is 4.52. The van der Waals surface area contributed by atoms with Crippen LogP contribution in [-0.2, 0) is 11.3 Å². The first kappa shape index (κ1) is 14.0. The van der Waals surface area contributed by atoms with Gasteiger partial charge >= 0.3 is 0 Å². The van der Waals surface area contributed by atoms with E-state index in [0.717, 1.165) is 30.9 Å². The second kappa shape index (κ2) is 8.09. The van der Waals surface area contributed by atoms with Gasteiger partial charge in [-0.25, -0.2) is 0 Å². The molecule has 0 saturated heterocycles. The predicted octanol–water partition coefficient (Wildman–Crippen LogP) is 2.59. The molecule has 0 fully saturated rings. The first-order chi connectivity index (χ1) is 8.22. The molecule has 0 atom stereocenters. The van der Waals surface area contributed by atoms with Crippen molar-refractivity contribution in [3.05, 3.63) is 29.8 Å². The lowest BCUT2D eigenvalue weighted by Gasteiger charge is -2.08. The summed E-state index contributed by atoms with van der Waals surface area (Å²) in [5.74, 6) is 1.49. The number of nitrogens with two attached hydrogens (primary N) is 1. The van der Waals surface area contributed by atoms with Gasteiger partial charge in [-0.05, 0) is 23.6 Å². The third-order valence-corrected chi connectivity index (χ3v) is 2.31. The molecule has 17 heavy (non-hydrogen) atoms. The minimum Gasteiger partial charge on any atom is -0.494 e. The van der Waals surface area contributed by atoms with Crippen LogP contribution >= 0.6 is 0 Å². The van der Waals surface area contributed by atoms with E-state index in [1.165, 1.54) is 0 Å². The average molecular weight is 237 g/mol. The summed E-state index contributed by atoms with van der Waals surface area (Å²) in [5, 5.41) is 0. The van der Waals surface area contributed by atoms with Gasteiger partial charge in [-0.15, -0.1) is 0 Å². The molecular weight excluding hydrogens is 214 g/mol. The molecule has 0 saturated carbocycles. The number of hydrogen-bond acceptors (Lipinski definition) is 3. The molecule has 1 aromatic carbocycles. The van der Waals surface area contributed by atoms with Crippen molar-refractivity contribution in [2.24, 2.45) is 11.7 Å². The fourth-order valence-electron chi connectivity index (χ4n) is 1.39. The summed E-state index contributed by atoms with van der Waals surface area (Å²) in [6.07, 6.45) is 0.922. The Morgan fingerprint density at radius 1 is 1.12 bits per heavy atom. The van der Waals surface area contributed by atoms with Crippen LogP contribution in [0.4, 0.5) is 0 Å². The molecule has 0 spiro atoms.